The molecule has 1 aliphatic heterocycles. The van der Waals surface area contributed by atoms with Crippen LogP contribution >= 0.6 is 0 Å². The predicted octanol–water partition coefficient (Wildman–Crippen LogP) is 3.47. The van der Waals surface area contributed by atoms with Crippen molar-refractivity contribution in [2.45, 2.75) is 39.2 Å². The van der Waals surface area contributed by atoms with E-state index in [-0.39, 0.29) is 23.2 Å². The van der Waals surface area contributed by atoms with Crippen molar-refractivity contribution in [1.29, 1.82) is 5.26 Å². The number of benzene rings is 1. The lowest BCUT2D eigenvalue weighted by Crippen LogP contribution is -2.39. The first-order valence-electron chi connectivity index (χ1n) is 6.73. The Balaban J connectivity index is 2.28. The first kappa shape index (κ1) is 14.0. The molecule has 0 aliphatic carbocycles. The minimum absolute atomic E-state index is 0.0101. The quantitative estimate of drug-likeness (QED) is 0.773. The topological polar surface area (TPSA) is 27.0 Å². The molecule has 3 heteroatoms. The van der Waals surface area contributed by atoms with Crippen molar-refractivity contribution in [3.05, 3.63) is 35.1 Å². The fourth-order valence-electron chi connectivity index (χ4n) is 2.72. The minimum Gasteiger partial charge on any atom is -0.297 e. The Kier molecular flexibility index (Phi) is 3.64. The molecule has 1 saturated heterocycles. The third kappa shape index (κ3) is 2.79. The van der Waals surface area contributed by atoms with Crippen LogP contribution in [0.2, 0.25) is 0 Å². The lowest BCUT2D eigenvalue weighted by atomic mass is 9.89. The van der Waals surface area contributed by atoms with Crippen LogP contribution in [0.15, 0.2) is 18.2 Å². The predicted molar refractivity (Wildman–Crippen MR) is 74.3 cm³/mol. The summed E-state index contributed by atoms with van der Waals surface area (Å²) in [7, 11) is 0. The molecule has 0 spiro atoms. The molecule has 1 fully saturated rings. The second kappa shape index (κ2) is 4.94. The molecule has 1 aliphatic rings. The largest absolute Gasteiger partial charge is 0.297 e. The molecule has 0 saturated carbocycles. The number of hydrogen-bond donors (Lipinski definition) is 0. The van der Waals surface area contributed by atoms with Gasteiger partial charge in [0.2, 0.25) is 0 Å². The summed E-state index contributed by atoms with van der Waals surface area (Å²) in [6, 6.07) is 7.63. The summed E-state index contributed by atoms with van der Waals surface area (Å²) in [4.78, 5) is 2.34. The Hall–Kier alpha value is -1.40. The van der Waals surface area contributed by atoms with E-state index in [0.717, 1.165) is 18.7 Å². The van der Waals surface area contributed by atoms with Crippen molar-refractivity contribution in [2.24, 2.45) is 5.92 Å². The summed E-state index contributed by atoms with van der Waals surface area (Å²) >= 11 is 0. The van der Waals surface area contributed by atoms with Gasteiger partial charge in [0.25, 0.3) is 0 Å². The van der Waals surface area contributed by atoms with Crippen LogP contribution < -0.4 is 0 Å². The van der Waals surface area contributed by atoms with Gasteiger partial charge in [0.15, 0.2) is 0 Å². The Labute approximate surface area is 114 Å². The molecule has 1 aromatic carbocycles. The minimum atomic E-state index is -0.178. The molecule has 0 aromatic heterocycles. The number of nitrogens with zero attached hydrogens (tertiary/aromatic N) is 2. The third-order valence-electron chi connectivity index (χ3n) is 4.04. The average Bonchev–Trinajstić information content (AvgIpc) is 2.76. The van der Waals surface area contributed by atoms with Gasteiger partial charge in [-0.3, -0.25) is 4.90 Å². The SMILES string of the molecule is Cc1cc([C@H]2CN(C(C)(C)C)C[C@@H]2C#N)ccc1F. The van der Waals surface area contributed by atoms with Crippen molar-refractivity contribution in [3.8, 4) is 6.07 Å². The zero-order valence-corrected chi connectivity index (χ0v) is 12.1. The molecule has 0 amide bonds. The van der Waals surface area contributed by atoms with Gasteiger partial charge < -0.3 is 0 Å². The zero-order chi connectivity index (χ0) is 14.2. The number of rotatable bonds is 1. The second-order valence-electron chi connectivity index (χ2n) is 6.43. The first-order chi connectivity index (χ1) is 8.82. The summed E-state index contributed by atoms with van der Waals surface area (Å²) in [5.41, 5.74) is 1.81. The van der Waals surface area contributed by atoms with Crippen LogP contribution in [0.25, 0.3) is 0 Å². The van der Waals surface area contributed by atoms with Gasteiger partial charge in [-0.25, -0.2) is 4.39 Å². The molecule has 2 rings (SSSR count). The van der Waals surface area contributed by atoms with E-state index in [1.165, 1.54) is 6.07 Å². The van der Waals surface area contributed by atoms with Gasteiger partial charge in [-0.05, 0) is 44.9 Å². The lowest BCUT2D eigenvalue weighted by molar-refractivity contribution is 0.170. The molecule has 19 heavy (non-hydrogen) atoms. The van der Waals surface area contributed by atoms with Gasteiger partial charge in [0.05, 0.1) is 12.0 Å². The van der Waals surface area contributed by atoms with Crippen LogP contribution in [0, 0.1) is 30.0 Å². The van der Waals surface area contributed by atoms with E-state index in [0.29, 0.717) is 5.56 Å². The van der Waals surface area contributed by atoms with E-state index in [4.69, 9.17) is 0 Å². The summed E-state index contributed by atoms with van der Waals surface area (Å²) < 4.78 is 13.4. The van der Waals surface area contributed by atoms with Gasteiger partial charge >= 0.3 is 0 Å². The van der Waals surface area contributed by atoms with Crippen LogP contribution in [0.1, 0.15) is 37.8 Å². The van der Waals surface area contributed by atoms with E-state index in [2.05, 4.69) is 31.7 Å². The van der Waals surface area contributed by atoms with E-state index in [1.54, 1.807) is 6.92 Å². The van der Waals surface area contributed by atoms with E-state index in [1.807, 2.05) is 12.1 Å². The number of halogens is 1. The average molecular weight is 260 g/mol. The Morgan fingerprint density at radius 2 is 2.00 bits per heavy atom. The maximum absolute atomic E-state index is 13.4. The van der Waals surface area contributed by atoms with Gasteiger partial charge in [0.1, 0.15) is 5.82 Å². The van der Waals surface area contributed by atoms with E-state index in [9.17, 15) is 9.65 Å². The van der Waals surface area contributed by atoms with E-state index < -0.39 is 0 Å². The lowest BCUT2D eigenvalue weighted by Gasteiger charge is -2.31. The van der Waals surface area contributed by atoms with Crippen molar-refractivity contribution < 1.29 is 4.39 Å². The fraction of sp³-hybridized carbons (Fsp3) is 0.562. The highest BCUT2D eigenvalue weighted by molar-refractivity contribution is 5.30. The molecule has 1 aromatic rings. The number of nitriles is 1. The monoisotopic (exact) mass is 260 g/mol. The Morgan fingerprint density at radius 1 is 1.32 bits per heavy atom. The maximum Gasteiger partial charge on any atom is 0.126 e. The second-order valence-corrected chi connectivity index (χ2v) is 6.43. The van der Waals surface area contributed by atoms with Crippen molar-refractivity contribution in [1.82, 2.24) is 4.90 Å². The highest BCUT2D eigenvalue weighted by atomic mass is 19.1. The Bertz CT molecular complexity index is 510. The van der Waals surface area contributed by atoms with Crippen LogP contribution in [0.5, 0.6) is 0 Å². The molecule has 102 valence electrons. The van der Waals surface area contributed by atoms with E-state index >= 15 is 0 Å². The van der Waals surface area contributed by atoms with Gasteiger partial charge in [0, 0.05) is 24.5 Å². The molecule has 2 atom stereocenters. The summed E-state index contributed by atoms with van der Waals surface area (Å²) in [5.74, 6) is -0.00413. The normalized spacial score (nSPS) is 24.4. The zero-order valence-electron chi connectivity index (χ0n) is 12.1. The third-order valence-corrected chi connectivity index (χ3v) is 4.04. The van der Waals surface area contributed by atoms with Gasteiger partial charge in [-0.1, -0.05) is 12.1 Å². The molecule has 0 bridgehead atoms. The molecule has 0 unspecified atom stereocenters. The van der Waals surface area contributed by atoms with Crippen LogP contribution in [0.3, 0.4) is 0 Å². The highest BCUT2D eigenvalue weighted by Crippen LogP contribution is 2.36. The van der Waals surface area contributed by atoms with Crippen LogP contribution in [-0.4, -0.2) is 23.5 Å². The maximum atomic E-state index is 13.4. The van der Waals surface area contributed by atoms with Gasteiger partial charge in [-0.2, -0.15) is 5.26 Å². The molecule has 1 heterocycles. The number of aryl methyl sites for hydroxylation is 1. The standard InChI is InChI=1S/C16H21FN2/c1-11-7-12(5-6-15(11)17)14-10-19(16(2,3)4)9-13(14)8-18/h5-7,13-14H,9-10H2,1-4H3/t13-,14+/m0/s1. The fourth-order valence-corrected chi connectivity index (χ4v) is 2.72. The first-order valence-corrected chi connectivity index (χ1v) is 6.73. The Morgan fingerprint density at radius 3 is 2.53 bits per heavy atom. The molecule has 0 radical (unpaired) electrons. The molecule has 0 N–H and O–H groups in total. The van der Waals surface area contributed by atoms with Crippen LogP contribution in [0.4, 0.5) is 4.39 Å². The molecule has 2 nitrogen and oxygen atoms in total. The van der Waals surface area contributed by atoms with Crippen molar-refractivity contribution in [3.63, 3.8) is 0 Å². The number of hydrogen-bond acceptors (Lipinski definition) is 2. The molecular weight excluding hydrogens is 239 g/mol. The smallest absolute Gasteiger partial charge is 0.126 e. The summed E-state index contributed by atoms with van der Waals surface area (Å²) in [6.45, 7) is 9.93. The van der Waals surface area contributed by atoms with Crippen molar-refractivity contribution in [2.75, 3.05) is 13.1 Å². The van der Waals surface area contributed by atoms with Crippen LogP contribution in [-0.2, 0) is 0 Å². The van der Waals surface area contributed by atoms with Crippen molar-refractivity contribution >= 4 is 0 Å². The number of likely N-dealkylation sites (tertiary alicyclic amines) is 1. The summed E-state index contributed by atoms with van der Waals surface area (Å²) in [5, 5.41) is 9.35. The highest BCUT2D eigenvalue weighted by Gasteiger charge is 2.38. The van der Waals surface area contributed by atoms with Gasteiger partial charge in [-0.15, -0.1) is 0 Å². The molecular formula is C16H21FN2. The summed E-state index contributed by atoms with van der Waals surface area (Å²) in [6.07, 6.45) is 0.